The van der Waals surface area contributed by atoms with Crippen molar-refractivity contribution in [3.05, 3.63) is 56.3 Å². The molecule has 1 aromatic heterocycles. The van der Waals surface area contributed by atoms with Gasteiger partial charge in [-0.25, -0.2) is 9.78 Å². The summed E-state index contributed by atoms with van der Waals surface area (Å²) in [5, 5.41) is 12.9. The van der Waals surface area contributed by atoms with E-state index in [2.05, 4.69) is 15.5 Å². The maximum Gasteiger partial charge on any atom is 0.356 e. The lowest BCUT2D eigenvalue weighted by atomic mass is 10.1. The minimum Gasteiger partial charge on any atom is -0.476 e. The minimum absolute atomic E-state index is 0.00197. The van der Waals surface area contributed by atoms with Gasteiger partial charge in [0.25, 0.3) is 0 Å². The maximum atomic E-state index is 11.1. The summed E-state index contributed by atoms with van der Waals surface area (Å²) in [6.45, 7) is 3.78. The van der Waals surface area contributed by atoms with Gasteiger partial charge in [-0.15, -0.1) is 0 Å². The second-order valence-corrected chi connectivity index (χ2v) is 5.85. The number of hydrogen-bond donors (Lipinski definition) is 2. The molecule has 120 valence electrons. The SMILES string of the molecule is C/C(=N/Nc1c(Cl)c(Cl)nc(C(=O)O)c1Cl)c1ccc(C)cc1. The molecule has 0 fully saturated rings. The monoisotopic (exact) mass is 371 g/mol. The van der Waals surface area contributed by atoms with E-state index in [0.29, 0.717) is 5.71 Å². The first-order valence-corrected chi connectivity index (χ1v) is 7.59. The third-order valence-electron chi connectivity index (χ3n) is 3.05. The highest BCUT2D eigenvalue weighted by atomic mass is 35.5. The van der Waals surface area contributed by atoms with Gasteiger partial charge in [0.2, 0.25) is 0 Å². The normalized spacial score (nSPS) is 11.4. The molecule has 0 bridgehead atoms. The molecule has 0 atom stereocenters. The summed E-state index contributed by atoms with van der Waals surface area (Å²) in [5.74, 6) is -1.31. The molecule has 0 spiro atoms. The summed E-state index contributed by atoms with van der Waals surface area (Å²) in [4.78, 5) is 14.8. The number of rotatable bonds is 4. The molecule has 0 amide bonds. The third-order valence-corrected chi connectivity index (χ3v) is 4.15. The van der Waals surface area contributed by atoms with E-state index in [0.717, 1.165) is 11.1 Å². The van der Waals surface area contributed by atoms with Gasteiger partial charge in [-0.3, -0.25) is 5.43 Å². The number of aryl methyl sites for hydroxylation is 1. The van der Waals surface area contributed by atoms with Crippen molar-refractivity contribution in [3.8, 4) is 0 Å². The first-order valence-electron chi connectivity index (χ1n) is 6.46. The van der Waals surface area contributed by atoms with Gasteiger partial charge in [-0.05, 0) is 19.4 Å². The molecular weight excluding hydrogens is 361 g/mol. The molecule has 23 heavy (non-hydrogen) atoms. The number of nitrogens with one attached hydrogen (secondary N) is 1. The van der Waals surface area contributed by atoms with Crippen LogP contribution in [0.3, 0.4) is 0 Å². The summed E-state index contributed by atoms with van der Waals surface area (Å²) >= 11 is 17.9. The first kappa shape index (κ1) is 17.5. The number of carboxylic acids is 1. The number of aromatic carboxylic acids is 1. The summed E-state index contributed by atoms with van der Waals surface area (Å²) < 4.78 is 0. The molecule has 2 N–H and O–H groups in total. The number of anilines is 1. The van der Waals surface area contributed by atoms with Crippen molar-refractivity contribution in [2.45, 2.75) is 13.8 Å². The average Bonchev–Trinajstić information content (AvgIpc) is 2.51. The van der Waals surface area contributed by atoms with E-state index in [1.807, 2.05) is 31.2 Å². The van der Waals surface area contributed by atoms with Crippen molar-refractivity contribution >= 4 is 52.2 Å². The molecule has 0 radical (unpaired) electrons. The predicted molar refractivity (Wildman–Crippen MR) is 93.2 cm³/mol. The molecule has 0 unspecified atom stereocenters. The number of benzene rings is 1. The van der Waals surface area contributed by atoms with Crippen molar-refractivity contribution in [2.75, 3.05) is 5.43 Å². The van der Waals surface area contributed by atoms with Crippen LogP contribution in [-0.4, -0.2) is 21.8 Å². The summed E-state index contributed by atoms with van der Waals surface area (Å²) in [5.41, 5.74) is 5.06. The lowest BCUT2D eigenvalue weighted by Crippen LogP contribution is -2.06. The third kappa shape index (κ3) is 3.93. The summed E-state index contributed by atoms with van der Waals surface area (Å²) in [7, 11) is 0. The zero-order chi connectivity index (χ0) is 17.1. The van der Waals surface area contributed by atoms with Gasteiger partial charge in [0.15, 0.2) is 10.8 Å². The molecule has 1 heterocycles. The van der Waals surface area contributed by atoms with Crippen molar-refractivity contribution in [1.29, 1.82) is 0 Å². The Kier molecular flexibility index (Phi) is 5.46. The maximum absolute atomic E-state index is 11.1. The Morgan fingerprint density at radius 1 is 1.17 bits per heavy atom. The van der Waals surface area contributed by atoms with E-state index in [-0.39, 0.29) is 20.9 Å². The van der Waals surface area contributed by atoms with Crippen molar-refractivity contribution in [3.63, 3.8) is 0 Å². The zero-order valence-corrected chi connectivity index (χ0v) is 14.5. The largest absolute Gasteiger partial charge is 0.476 e. The van der Waals surface area contributed by atoms with Gasteiger partial charge in [-0.1, -0.05) is 64.6 Å². The van der Waals surface area contributed by atoms with Crippen LogP contribution in [0.15, 0.2) is 29.4 Å². The Morgan fingerprint density at radius 3 is 2.35 bits per heavy atom. The van der Waals surface area contributed by atoms with Gasteiger partial charge < -0.3 is 5.11 Å². The summed E-state index contributed by atoms with van der Waals surface area (Å²) in [6.07, 6.45) is 0. The molecule has 5 nitrogen and oxygen atoms in total. The molecule has 0 saturated carbocycles. The lowest BCUT2D eigenvalue weighted by Gasteiger charge is -2.10. The lowest BCUT2D eigenvalue weighted by molar-refractivity contribution is 0.0691. The number of nitrogens with zero attached hydrogens (tertiary/aromatic N) is 2. The van der Waals surface area contributed by atoms with Crippen LogP contribution in [-0.2, 0) is 0 Å². The smallest absolute Gasteiger partial charge is 0.356 e. The standard InChI is InChI=1S/C15H12Cl3N3O2/c1-7-3-5-9(6-4-7)8(2)20-21-12-10(16)13(15(22)23)19-14(18)11(12)17/h3-6H,1-2H3,(H,19,21)(H,22,23)/b20-8-. The number of carbonyl (C=O) groups is 1. The Hall–Kier alpha value is -1.82. The molecule has 1 aromatic carbocycles. The van der Waals surface area contributed by atoms with Crippen LogP contribution in [0.4, 0.5) is 5.69 Å². The van der Waals surface area contributed by atoms with Gasteiger partial charge in [-0.2, -0.15) is 5.10 Å². The quantitative estimate of drug-likeness (QED) is 0.455. The Morgan fingerprint density at radius 2 is 1.78 bits per heavy atom. The Labute approximate surface area is 147 Å². The van der Waals surface area contributed by atoms with Crippen molar-refractivity contribution in [2.24, 2.45) is 5.10 Å². The van der Waals surface area contributed by atoms with Crippen LogP contribution < -0.4 is 5.43 Å². The zero-order valence-electron chi connectivity index (χ0n) is 12.2. The van der Waals surface area contributed by atoms with Crippen molar-refractivity contribution in [1.82, 2.24) is 4.98 Å². The van der Waals surface area contributed by atoms with E-state index in [1.165, 1.54) is 0 Å². The highest BCUT2D eigenvalue weighted by Gasteiger charge is 2.20. The van der Waals surface area contributed by atoms with E-state index in [9.17, 15) is 4.79 Å². The number of pyridine rings is 1. The highest BCUT2D eigenvalue weighted by Crippen LogP contribution is 2.36. The predicted octanol–water partition coefficient (Wildman–Crippen LogP) is 4.88. The fourth-order valence-corrected chi connectivity index (χ4v) is 2.42. The Bertz CT molecular complexity index is 790. The second-order valence-electron chi connectivity index (χ2n) is 4.73. The van der Waals surface area contributed by atoms with Gasteiger partial charge in [0, 0.05) is 0 Å². The van der Waals surface area contributed by atoms with Crippen molar-refractivity contribution < 1.29 is 9.90 Å². The molecule has 0 aliphatic heterocycles. The molecule has 0 aliphatic rings. The first-order chi connectivity index (χ1) is 10.8. The van der Waals surface area contributed by atoms with E-state index < -0.39 is 11.7 Å². The number of hydrogen-bond acceptors (Lipinski definition) is 4. The second kappa shape index (κ2) is 7.17. The highest BCUT2D eigenvalue weighted by molar-refractivity contribution is 6.46. The summed E-state index contributed by atoms with van der Waals surface area (Å²) in [6, 6.07) is 7.75. The van der Waals surface area contributed by atoms with Crippen LogP contribution in [0.5, 0.6) is 0 Å². The van der Waals surface area contributed by atoms with E-state index in [4.69, 9.17) is 39.9 Å². The fraction of sp³-hybridized carbons (Fsp3) is 0.133. The molecule has 0 aliphatic carbocycles. The minimum atomic E-state index is -1.31. The molecule has 0 saturated heterocycles. The molecule has 2 aromatic rings. The van der Waals surface area contributed by atoms with Gasteiger partial charge in [0.05, 0.1) is 11.4 Å². The fourth-order valence-electron chi connectivity index (χ4n) is 1.75. The average molecular weight is 373 g/mol. The van der Waals surface area contributed by atoms with Crippen LogP contribution in [0.2, 0.25) is 15.2 Å². The number of aromatic nitrogens is 1. The van der Waals surface area contributed by atoms with Gasteiger partial charge in [0.1, 0.15) is 10.0 Å². The topological polar surface area (TPSA) is 74.6 Å². The van der Waals surface area contributed by atoms with Gasteiger partial charge >= 0.3 is 5.97 Å². The van der Waals surface area contributed by atoms with Crippen LogP contribution in [0.1, 0.15) is 28.5 Å². The number of carboxylic acid groups (broad SMARTS) is 1. The van der Waals surface area contributed by atoms with Crippen LogP contribution >= 0.6 is 34.8 Å². The molecular formula is C15H12Cl3N3O2. The number of halogens is 3. The van der Waals surface area contributed by atoms with E-state index >= 15 is 0 Å². The van der Waals surface area contributed by atoms with Crippen LogP contribution in [0.25, 0.3) is 0 Å². The Balaban J connectivity index is 2.38. The molecule has 8 heteroatoms. The number of hydrazone groups is 1. The van der Waals surface area contributed by atoms with E-state index in [1.54, 1.807) is 6.92 Å². The van der Waals surface area contributed by atoms with Crippen LogP contribution in [0, 0.1) is 6.92 Å². The molecule has 2 rings (SSSR count).